The van der Waals surface area contributed by atoms with Crippen LogP contribution < -0.4 is 5.73 Å². The standard InChI is InChI=1S/C17H23FN6O/c1-5-12(25)23-7-10(18)6-11(8-23)24-16-13(15(19)20-9-21-16)14(22-24)17(2,3)4/h5,9-11H,1,6-8H2,2-4H3,(H2,19,20,21)/t10?,11-/m1/s1. The van der Waals surface area contributed by atoms with Gasteiger partial charge in [-0.2, -0.15) is 5.10 Å². The summed E-state index contributed by atoms with van der Waals surface area (Å²) in [5.74, 6) is 0.0711. The number of fused-ring (bicyclic) bond motifs is 1. The molecule has 2 atom stereocenters. The van der Waals surface area contributed by atoms with Crippen LogP contribution in [0.2, 0.25) is 0 Å². The number of likely N-dealkylation sites (tertiary alicyclic amines) is 1. The van der Waals surface area contributed by atoms with E-state index in [0.29, 0.717) is 23.4 Å². The minimum atomic E-state index is -1.13. The van der Waals surface area contributed by atoms with Crippen LogP contribution in [0, 0.1) is 0 Å². The van der Waals surface area contributed by atoms with Gasteiger partial charge in [0.05, 0.1) is 23.7 Å². The molecule has 1 amide bonds. The highest BCUT2D eigenvalue weighted by Gasteiger charge is 2.34. The molecule has 3 heterocycles. The molecule has 0 aliphatic carbocycles. The van der Waals surface area contributed by atoms with Gasteiger partial charge < -0.3 is 10.6 Å². The van der Waals surface area contributed by atoms with E-state index in [1.165, 1.54) is 17.3 Å². The predicted octanol–water partition coefficient (Wildman–Crippen LogP) is 2.00. The van der Waals surface area contributed by atoms with Gasteiger partial charge in [0.25, 0.3) is 0 Å². The number of hydrogen-bond acceptors (Lipinski definition) is 5. The summed E-state index contributed by atoms with van der Waals surface area (Å²) in [6.45, 7) is 9.99. The van der Waals surface area contributed by atoms with Crippen LogP contribution in [-0.2, 0) is 10.2 Å². The molecule has 0 spiro atoms. The van der Waals surface area contributed by atoms with E-state index in [2.05, 4.69) is 16.5 Å². The molecule has 0 radical (unpaired) electrons. The number of rotatable bonds is 2. The summed E-state index contributed by atoms with van der Waals surface area (Å²) in [7, 11) is 0. The Hall–Kier alpha value is -2.51. The van der Waals surface area contributed by atoms with Gasteiger partial charge in [-0.05, 0) is 6.08 Å². The first-order valence-corrected chi connectivity index (χ1v) is 8.27. The second-order valence-electron chi connectivity index (χ2n) is 7.43. The number of anilines is 1. The molecule has 2 N–H and O–H groups in total. The van der Waals surface area contributed by atoms with E-state index in [0.717, 1.165) is 5.69 Å². The number of halogens is 1. The normalized spacial score (nSPS) is 21.5. The molecule has 8 heteroatoms. The Bertz CT molecular complexity index is 824. The zero-order chi connectivity index (χ0) is 18.4. The number of aromatic nitrogens is 4. The molecule has 1 aliphatic rings. The lowest BCUT2D eigenvalue weighted by molar-refractivity contribution is -0.129. The molecule has 1 fully saturated rings. The molecular formula is C17H23FN6O. The fourth-order valence-corrected chi connectivity index (χ4v) is 3.27. The second-order valence-corrected chi connectivity index (χ2v) is 7.43. The third kappa shape index (κ3) is 3.08. The molecular weight excluding hydrogens is 323 g/mol. The quantitative estimate of drug-likeness (QED) is 0.840. The molecule has 0 aromatic carbocycles. The van der Waals surface area contributed by atoms with E-state index in [1.54, 1.807) is 4.68 Å². The number of nitrogen functional groups attached to an aromatic ring is 1. The Labute approximate surface area is 145 Å². The van der Waals surface area contributed by atoms with Crippen LogP contribution in [0.3, 0.4) is 0 Å². The van der Waals surface area contributed by atoms with Crippen molar-refractivity contribution in [1.29, 1.82) is 0 Å². The first kappa shape index (κ1) is 17.3. The average Bonchev–Trinajstić information content (AvgIpc) is 2.95. The topological polar surface area (TPSA) is 89.9 Å². The number of piperidine rings is 1. The Balaban J connectivity index is 2.11. The molecule has 2 aromatic rings. The number of hydrogen-bond donors (Lipinski definition) is 1. The molecule has 1 aliphatic heterocycles. The summed E-state index contributed by atoms with van der Waals surface area (Å²) in [6.07, 6.45) is 1.73. The Morgan fingerprint density at radius 3 is 2.76 bits per heavy atom. The smallest absolute Gasteiger partial charge is 0.246 e. The summed E-state index contributed by atoms with van der Waals surface area (Å²) in [4.78, 5) is 21.8. The molecule has 3 rings (SSSR count). The lowest BCUT2D eigenvalue weighted by atomic mass is 9.90. The summed E-state index contributed by atoms with van der Waals surface area (Å²) in [5, 5.41) is 5.40. The minimum Gasteiger partial charge on any atom is -0.383 e. The van der Waals surface area contributed by atoms with E-state index in [-0.39, 0.29) is 30.3 Å². The zero-order valence-electron chi connectivity index (χ0n) is 14.7. The van der Waals surface area contributed by atoms with Crippen molar-refractivity contribution in [3.8, 4) is 0 Å². The van der Waals surface area contributed by atoms with Crippen LogP contribution in [0.1, 0.15) is 38.9 Å². The van der Waals surface area contributed by atoms with E-state index in [4.69, 9.17) is 10.8 Å². The fourth-order valence-electron chi connectivity index (χ4n) is 3.27. The summed E-state index contributed by atoms with van der Waals surface area (Å²) < 4.78 is 16.0. The van der Waals surface area contributed by atoms with Gasteiger partial charge in [0, 0.05) is 18.4 Å². The fraction of sp³-hybridized carbons (Fsp3) is 0.529. The number of amides is 1. The van der Waals surface area contributed by atoms with Crippen LogP contribution in [-0.4, -0.2) is 49.8 Å². The monoisotopic (exact) mass is 346 g/mol. The molecule has 7 nitrogen and oxygen atoms in total. The molecule has 1 saturated heterocycles. The van der Waals surface area contributed by atoms with Gasteiger partial charge in [-0.25, -0.2) is 19.0 Å². The third-order valence-electron chi connectivity index (χ3n) is 4.44. The number of carbonyl (C=O) groups excluding carboxylic acids is 1. The van der Waals surface area contributed by atoms with Crippen molar-refractivity contribution in [2.24, 2.45) is 0 Å². The van der Waals surface area contributed by atoms with Gasteiger partial charge in [-0.15, -0.1) is 0 Å². The van der Waals surface area contributed by atoms with Gasteiger partial charge in [0.1, 0.15) is 18.3 Å². The van der Waals surface area contributed by atoms with E-state index in [1.807, 2.05) is 20.8 Å². The number of carbonyl (C=O) groups is 1. The van der Waals surface area contributed by atoms with Crippen molar-refractivity contribution < 1.29 is 9.18 Å². The summed E-state index contributed by atoms with van der Waals surface area (Å²) in [5.41, 5.74) is 7.13. The Morgan fingerprint density at radius 1 is 1.40 bits per heavy atom. The first-order chi connectivity index (χ1) is 11.7. The summed E-state index contributed by atoms with van der Waals surface area (Å²) >= 11 is 0. The van der Waals surface area contributed by atoms with Gasteiger partial charge in [-0.3, -0.25) is 4.79 Å². The van der Waals surface area contributed by atoms with Crippen LogP contribution in [0.4, 0.5) is 10.2 Å². The third-order valence-corrected chi connectivity index (χ3v) is 4.44. The Kier molecular flexibility index (Phi) is 4.22. The maximum Gasteiger partial charge on any atom is 0.246 e. The van der Waals surface area contributed by atoms with Gasteiger partial charge >= 0.3 is 0 Å². The lowest BCUT2D eigenvalue weighted by Crippen LogP contribution is -2.45. The molecule has 1 unspecified atom stereocenters. The second kappa shape index (κ2) is 6.09. The van der Waals surface area contributed by atoms with Gasteiger partial charge in [-0.1, -0.05) is 27.4 Å². The highest BCUT2D eigenvalue weighted by Crippen LogP contribution is 2.34. The average molecular weight is 346 g/mol. The highest BCUT2D eigenvalue weighted by molar-refractivity contribution is 5.89. The Morgan fingerprint density at radius 2 is 2.12 bits per heavy atom. The van der Waals surface area contributed by atoms with E-state index >= 15 is 0 Å². The lowest BCUT2D eigenvalue weighted by Gasteiger charge is -2.34. The number of nitrogens with zero attached hydrogens (tertiary/aromatic N) is 5. The van der Waals surface area contributed by atoms with Crippen molar-refractivity contribution in [2.45, 2.75) is 44.8 Å². The molecule has 0 bridgehead atoms. The maximum absolute atomic E-state index is 14.3. The van der Waals surface area contributed by atoms with Crippen molar-refractivity contribution in [3.63, 3.8) is 0 Å². The molecule has 134 valence electrons. The molecule has 25 heavy (non-hydrogen) atoms. The summed E-state index contributed by atoms with van der Waals surface area (Å²) in [6, 6.07) is -0.319. The number of alkyl halides is 1. The SMILES string of the molecule is C=CC(=O)N1CC(F)C[C@@H](n2nc(C(C)(C)C)c3c(N)ncnc32)C1. The van der Waals surface area contributed by atoms with Crippen LogP contribution >= 0.6 is 0 Å². The zero-order valence-corrected chi connectivity index (χ0v) is 14.7. The van der Waals surface area contributed by atoms with Gasteiger partial charge in [0.2, 0.25) is 5.91 Å². The van der Waals surface area contributed by atoms with Crippen LogP contribution in [0.15, 0.2) is 19.0 Å². The van der Waals surface area contributed by atoms with E-state index in [9.17, 15) is 9.18 Å². The van der Waals surface area contributed by atoms with Crippen molar-refractivity contribution in [3.05, 3.63) is 24.7 Å². The first-order valence-electron chi connectivity index (χ1n) is 8.27. The molecule has 0 saturated carbocycles. The number of nitrogens with two attached hydrogens (primary N) is 1. The minimum absolute atomic E-state index is 0.0732. The largest absolute Gasteiger partial charge is 0.383 e. The van der Waals surface area contributed by atoms with E-state index < -0.39 is 6.17 Å². The van der Waals surface area contributed by atoms with Gasteiger partial charge in [0.15, 0.2) is 5.65 Å². The van der Waals surface area contributed by atoms with Crippen molar-refractivity contribution >= 4 is 22.8 Å². The highest BCUT2D eigenvalue weighted by atomic mass is 19.1. The predicted molar refractivity (Wildman–Crippen MR) is 93.8 cm³/mol. The van der Waals surface area contributed by atoms with Crippen molar-refractivity contribution in [2.75, 3.05) is 18.8 Å². The maximum atomic E-state index is 14.3. The van der Waals surface area contributed by atoms with Crippen molar-refractivity contribution in [1.82, 2.24) is 24.6 Å². The van der Waals surface area contributed by atoms with Crippen LogP contribution in [0.5, 0.6) is 0 Å². The molecule has 2 aromatic heterocycles. The van der Waals surface area contributed by atoms with Crippen LogP contribution in [0.25, 0.3) is 11.0 Å².